The van der Waals surface area contributed by atoms with Gasteiger partial charge in [0.25, 0.3) is 5.91 Å². The van der Waals surface area contributed by atoms with E-state index in [1.807, 2.05) is 36.1 Å². The molecule has 1 amide bonds. The van der Waals surface area contributed by atoms with Crippen molar-refractivity contribution < 1.29 is 14.3 Å². The Morgan fingerprint density at radius 3 is 2.56 bits per heavy atom. The van der Waals surface area contributed by atoms with Crippen LogP contribution in [0.25, 0.3) is 0 Å². The molecule has 1 aromatic rings. The van der Waals surface area contributed by atoms with E-state index in [1.165, 1.54) is 12.0 Å². The summed E-state index contributed by atoms with van der Waals surface area (Å²) < 4.78 is 11.0. The number of hydrogen-bond donors (Lipinski definition) is 0. The molecule has 0 aliphatic carbocycles. The van der Waals surface area contributed by atoms with Crippen molar-refractivity contribution in [2.45, 2.75) is 32.2 Å². The van der Waals surface area contributed by atoms with Gasteiger partial charge in [0, 0.05) is 32.8 Å². The number of hydrogen-bond acceptors (Lipinski definition) is 4. The fraction of sp³-hybridized carbons (Fsp3) is 0.650. The first-order chi connectivity index (χ1) is 12.0. The molecule has 5 nitrogen and oxygen atoms in total. The Hall–Kier alpha value is -1.59. The molecule has 138 valence electrons. The van der Waals surface area contributed by atoms with Gasteiger partial charge in [0.15, 0.2) is 6.61 Å². The van der Waals surface area contributed by atoms with Crippen molar-refractivity contribution in [1.29, 1.82) is 0 Å². The van der Waals surface area contributed by atoms with Crippen molar-refractivity contribution in [3.8, 4) is 5.75 Å². The maximum absolute atomic E-state index is 12.4. The highest BCUT2D eigenvalue weighted by Crippen LogP contribution is 2.42. The van der Waals surface area contributed by atoms with E-state index in [0.717, 1.165) is 44.8 Å². The van der Waals surface area contributed by atoms with Crippen molar-refractivity contribution in [2.24, 2.45) is 5.41 Å². The second-order valence-electron chi connectivity index (χ2n) is 7.71. The summed E-state index contributed by atoms with van der Waals surface area (Å²) in [5, 5.41) is 0. The minimum Gasteiger partial charge on any atom is -0.484 e. The lowest BCUT2D eigenvalue weighted by Crippen LogP contribution is -2.45. The predicted octanol–water partition coefficient (Wildman–Crippen LogP) is 2.33. The highest BCUT2D eigenvalue weighted by atomic mass is 16.5. The van der Waals surface area contributed by atoms with E-state index in [-0.39, 0.29) is 12.5 Å². The van der Waals surface area contributed by atoms with Gasteiger partial charge in [0.1, 0.15) is 5.75 Å². The van der Waals surface area contributed by atoms with Gasteiger partial charge in [-0.25, -0.2) is 0 Å². The van der Waals surface area contributed by atoms with Crippen LogP contribution >= 0.6 is 0 Å². The third kappa shape index (κ3) is 4.33. The fourth-order valence-corrected chi connectivity index (χ4v) is 4.22. The standard InChI is InChI=1S/C20H30N2O3/c1-16-4-6-18(7-5-16)25-14-19(23)22-10-8-20(9-11-22)12-17(13-24-3)21(2)15-20/h4-7,17H,8-15H2,1-3H3/t17-/m0/s1. The van der Waals surface area contributed by atoms with Crippen LogP contribution in [0, 0.1) is 12.3 Å². The Kier molecular flexibility index (Phi) is 5.64. The van der Waals surface area contributed by atoms with Crippen molar-refractivity contribution in [3.05, 3.63) is 29.8 Å². The molecular weight excluding hydrogens is 316 g/mol. The van der Waals surface area contributed by atoms with Crippen molar-refractivity contribution >= 4 is 5.91 Å². The second kappa shape index (κ2) is 7.75. The summed E-state index contributed by atoms with van der Waals surface area (Å²) in [4.78, 5) is 16.8. The highest BCUT2D eigenvalue weighted by Gasteiger charge is 2.44. The topological polar surface area (TPSA) is 42.0 Å². The van der Waals surface area contributed by atoms with Gasteiger partial charge in [-0.2, -0.15) is 0 Å². The summed E-state index contributed by atoms with van der Waals surface area (Å²) in [6.45, 7) is 5.75. The Morgan fingerprint density at radius 1 is 1.24 bits per heavy atom. The van der Waals surface area contributed by atoms with Gasteiger partial charge in [0.2, 0.25) is 0 Å². The molecule has 2 fully saturated rings. The number of methoxy groups -OCH3 is 1. The molecule has 1 atom stereocenters. The van der Waals surface area contributed by atoms with E-state index >= 15 is 0 Å². The molecule has 1 spiro atoms. The van der Waals surface area contributed by atoms with Crippen LogP contribution in [0.5, 0.6) is 5.75 Å². The minimum atomic E-state index is 0.0928. The Labute approximate surface area is 150 Å². The molecular formula is C20H30N2O3. The average molecular weight is 346 g/mol. The van der Waals surface area contributed by atoms with Crippen LogP contribution in [0.1, 0.15) is 24.8 Å². The van der Waals surface area contributed by atoms with Gasteiger partial charge in [-0.3, -0.25) is 4.79 Å². The molecule has 3 rings (SSSR count). The molecule has 2 aliphatic rings. The summed E-state index contributed by atoms with van der Waals surface area (Å²) in [5.41, 5.74) is 1.54. The number of carbonyl (C=O) groups excluding carboxylic acids is 1. The van der Waals surface area contributed by atoms with Gasteiger partial charge in [0.05, 0.1) is 6.61 Å². The fourth-order valence-electron chi connectivity index (χ4n) is 4.22. The maximum atomic E-state index is 12.4. The van der Waals surface area contributed by atoms with Crippen molar-refractivity contribution in [1.82, 2.24) is 9.80 Å². The van der Waals surface area contributed by atoms with E-state index in [0.29, 0.717) is 11.5 Å². The van der Waals surface area contributed by atoms with Gasteiger partial charge in [-0.15, -0.1) is 0 Å². The minimum absolute atomic E-state index is 0.0928. The average Bonchev–Trinajstić information content (AvgIpc) is 2.90. The lowest BCUT2D eigenvalue weighted by molar-refractivity contribution is -0.135. The summed E-state index contributed by atoms with van der Waals surface area (Å²) in [5.74, 6) is 0.850. The molecule has 25 heavy (non-hydrogen) atoms. The number of piperidine rings is 1. The quantitative estimate of drug-likeness (QED) is 0.821. The third-order valence-corrected chi connectivity index (χ3v) is 5.80. The molecule has 1 aromatic carbocycles. The highest BCUT2D eigenvalue weighted by molar-refractivity contribution is 5.77. The van der Waals surface area contributed by atoms with Crippen molar-refractivity contribution in [2.75, 3.05) is 47.0 Å². The number of likely N-dealkylation sites (tertiary alicyclic amines) is 2. The summed E-state index contributed by atoms with van der Waals surface area (Å²) in [6.07, 6.45) is 3.33. The molecule has 0 aromatic heterocycles. The molecule has 2 heterocycles. The molecule has 0 saturated carbocycles. The number of amides is 1. The largest absolute Gasteiger partial charge is 0.484 e. The Bertz CT molecular complexity index is 579. The SMILES string of the molecule is COC[C@@H]1CC2(CCN(C(=O)COc3ccc(C)cc3)CC2)CN1C. The van der Waals surface area contributed by atoms with E-state index < -0.39 is 0 Å². The van der Waals surface area contributed by atoms with Crippen LogP contribution in [0.4, 0.5) is 0 Å². The van der Waals surface area contributed by atoms with Gasteiger partial charge >= 0.3 is 0 Å². The van der Waals surface area contributed by atoms with Crippen LogP contribution in [0.2, 0.25) is 0 Å². The number of carbonyl (C=O) groups is 1. The Balaban J connectivity index is 1.47. The molecule has 0 unspecified atom stereocenters. The zero-order chi connectivity index (χ0) is 17.9. The maximum Gasteiger partial charge on any atom is 0.260 e. The zero-order valence-electron chi connectivity index (χ0n) is 15.7. The second-order valence-corrected chi connectivity index (χ2v) is 7.71. The molecule has 2 aliphatic heterocycles. The number of ether oxygens (including phenoxy) is 2. The summed E-state index contributed by atoms with van der Waals surface area (Å²) >= 11 is 0. The monoisotopic (exact) mass is 346 g/mol. The first-order valence-electron chi connectivity index (χ1n) is 9.18. The number of aryl methyl sites for hydroxylation is 1. The van der Waals surface area contributed by atoms with Gasteiger partial charge in [-0.05, 0) is 50.8 Å². The smallest absolute Gasteiger partial charge is 0.260 e. The van der Waals surface area contributed by atoms with Crippen LogP contribution in [-0.4, -0.2) is 68.8 Å². The van der Waals surface area contributed by atoms with Crippen LogP contribution in [0.3, 0.4) is 0 Å². The number of benzene rings is 1. The van der Waals surface area contributed by atoms with Crippen LogP contribution < -0.4 is 4.74 Å². The van der Waals surface area contributed by atoms with E-state index in [9.17, 15) is 4.79 Å². The first-order valence-corrected chi connectivity index (χ1v) is 9.18. The third-order valence-electron chi connectivity index (χ3n) is 5.80. The number of nitrogens with zero attached hydrogens (tertiary/aromatic N) is 2. The van der Waals surface area contributed by atoms with Gasteiger partial charge < -0.3 is 19.3 Å². The summed E-state index contributed by atoms with van der Waals surface area (Å²) in [7, 11) is 3.96. The van der Waals surface area contributed by atoms with E-state index in [1.54, 1.807) is 7.11 Å². The number of rotatable bonds is 5. The normalized spacial score (nSPS) is 23.2. The lowest BCUT2D eigenvalue weighted by Gasteiger charge is -2.39. The van der Waals surface area contributed by atoms with Gasteiger partial charge in [-0.1, -0.05) is 17.7 Å². The Morgan fingerprint density at radius 2 is 1.92 bits per heavy atom. The lowest BCUT2D eigenvalue weighted by atomic mass is 9.76. The predicted molar refractivity (Wildman–Crippen MR) is 97.8 cm³/mol. The van der Waals surface area contributed by atoms with Crippen molar-refractivity contribution in [3.63, 3.8) is 0 Å². The van der Waals surface area contributed by atoms with E-state index in [4.69, 9.17) is 9.47 Å². The number of likely N-dealkylation sites (N-methyl/N-ethyl adjacent to an activating group) is 1. The molecule has 0 radical (unpaired) electrons. The van der Waals surface area contributed by atoms with E-state index in [2.05, 4.69) is 11.9 Å². The molecule has 5 heteroatoms. The zero-order valence-corrected chi connectivity index (χ0v) is 15.7. The molecule has 2 saturated heterocycles. The summed E-state index contributed by atoms with van der Waals surface area (Å²) in [6, 6.07) is 8.34. The van der Waals surface area contributed by atoms with Crippen LogP contribution in [0.15, 0.2) is 24.3 Å². The molecule has 0 bridgehead atoms. The first kappa shape index (κ1) is 18.2. The molecule has 0 N–H and O–H groups in total. The van der Waals surface area contributed by atoms with Crippen LogP contribution in [-0.2, 0) is 9.53 Å².